The van der Waals surface area contributed by atoms with Crippen LogP contribution in [0.15, 0.2) is 54.7 Å². The molecule has 1 aliphatic rings. The number of aryl methyl sites for hydroxylation is 1. The van der Waals surface area contributed by atoms with E-state index < -0.39 is 0 Å². The van der Waals surface area contributed by atoms with E-state index in [1.54, 1.807) is 18.3 Å². The minimum Gasteiger partial charge on any atom is -0.508 e. The summed E-state index contributed by atoms with van der Waals surface area (Å²) in [4.78, 5) is 12.5. The first-order chi connectivity index (χ1) is 11.6. The quantitative estimate of drug-likeness (QED) is 0.782. The molecular weight excluding hydrogens is 300 g/mol. The van der Waals surface area contributed by atoms with Gasteiger partial charge in [-0.2, -0.15) is 5.10 Å². The molecule has 4 nitrogen and oxygen atoms in total. The van der Waals surface area contributed by atoms with Crippen molar-refractivity contribution in [3.8, 4) is 11.4 Å². The van der Waals surface area contributed by atoms with Gasteiger partial charge in [0.15, 0.2) is 5.78 Å². The van der Waals surface area contributed by atoms with Crippen molar-refractivity contribution in [3.05, 3.63) is 77.1 Å². The lowest BCUT2D eigenvalue weighted by molar-refractivity contribution is 0.0963. The van der Waals surface area contributed by atoms with Gasteiger partial charge in [-0.25, -0.2) is 4.68 Å². The number of hydrogen-bond donors (Lipinski definition) is 1. The Morgan fingerprint density at radius 1 is 1.08 bits per heavy atom. The summed E-state index contributed by atoms with van der Waals surface area (Å²) >= 11 is 0. The first kappa shape index (κ1) is 14.7. The van der Waals surface area contributed by atoms with Gasteiger partial charge in [0.1, 0.15) is 5.75 Å². The van der Waals surface area contributed by atoms with Crippen LogP contribution in [0.3, 0.4) is 0 Å². The molecule has 4 rings (SSSR count). The fourth-order valence-corrected chi connectivity index (χ4v) is 3.40. The number of nitrogens with zero attached hydrogens (tertiary/aromatic N) is 2. The summed E-state index contributed by atoms with van der Waals surface area (Å²) in [6, 6.07) is 15.4. The highest BCUT2D eigenvalue weighted by molar-refractivity contribution is 5.98. The van der Waals surface area contributed by atoms with E-state index in [1.165, 1.54) is 5.56 Å². The van der Waals surface area contributed by atoms with E-state index in [4.69, 9.17) is 0 Å². The van der Waals surface area contributed by atoms with Crippen molar-refractivity contribution in [2.24, 2.45) is 0 Å². The van der Waals surface area contributed by atoms with E-state index in [9.17, 15) is 9.90 Å². The van der Waals surface area contributed by atoms with Crippen LogP contribution in [0.2, 0.25) is 0 Å². The summed E-state index contributed by atoms with van der Waals surface area (Å²) in [5.41, 5.74) is 4.58. The summed E-state index contributed by atoms with van der Waals surface area (Å²) < 4.78 is 1.85. The van der Waals surface area contributed by atoms with Crippen molar-refractivity contribution >= 4 is 5.78 Å². The van der Waals surface area contributed by atoms with Crippen molar-refractivity contribution in [2.45, 2.75) is 25.7 Å². The summed E-state index contributed by atoms with van der Waals surface area (Å²) in [7, 11) is 0. The molecule has 0 radical (unpaired) electrons. The second-order valence-electron chi connectivity index (χ2n) is 6.34. The van der Waals surface area contributed by atoms with Gasteiger partial charge in [0.2, 0.25) is 0 Å². The van der Waals surface area contributed by atoms with Gasteiger partial charge < -0.3 is 5.11 Å². The molecule has 1 N–H and O–H groups in total. The summed E-state index contributed by atoms with van der Waals surface area (Å²) in [5, 5.41) is 14.6. The molecule has 0 unspecified atom stereocenters. The number of phenols is 1. The molecule has 0 saturated carbocycles. The zero-order chi connectivity index (χ0) is 16.7. The van der Waals surface area contributed by atoms with Crippen LogP contribution >= 0.6 is 0 Å². The van der Waals surface area contributed by atoms with Crippen LogP contribution in [-0.2, 0) is 6.42 Å². The Morgan fingerprint density at radius 2 is 1.83 bits per heavy atom. The third-order valence-electron chi connectivity index (χ3n) is 4.70. The molecule has 0 saturated heterocycles. The number of aromatic nitrogens is 2. The predicted octanol–water partition coefficient (Wildman–Crippen LogP) is 3.80. The number of rotatable bonds is 2. The largest absolute Gasteiger partial charge is 0.508 e. The number of hydrogen-bond acceptors (Lipinski definition) is 3. The Morgan fingerprint density at radius 3 is 2.58 bits per heavy atom. The van der Waals surface area contributed by atoms with Gasteiger partial charge in [-0.3, -0.25) is 4.79 Å². The molecule has 0 spiro atoms. The van der Waals surface area contributed by atoms with Crippen molar-refractivity contribution in [1.29, 1.82) is 0 Å². The van der Waals surface area contributed by atoms with Crippen LogP contribution in [0.5, 0.6) is 5.75 Å². The van der Waals surface area contributed by atoms with Gasteiger partial charge in [0.05, 0.1) is 23.1 Å². The maximum Gasteiger partial charge on any atom is 0.166 e. The van der Waals surface area contributed by atoms with Gasteiger partial charge in [-0.1, -0.05) is 35.9 Å². The van der Waals surface area contributed by atoms with Crippen molar-refractivity contribution in [3.63, 3.8) is 0 Å². The molecule has 1 heterocycles. The third kappa shape index (κ3) is 2.40. The monoisotopic (exact) mass is 318 g/mol. The highest BCUT2D eigenvalue weighted by atomic mass is 16.3. The van der Waals surface area contributed by atoms with Gasteiger partial charge in [0, 0.05) is 12.3 Å². The van der Waals surface area contributed by atoms with Crippen LogP contribution in [0.25, 0.3) is 5.69 Å². The Bertz CT molecular complexity index is 910. The molecule has 2 aromatic carbocycles. The lowest BCUT2D eigenvalue weighted by Gasteiger charge is -2.23. The molecular formula is C20H18N2O2. The summed E-state index contributed by atoms with van der Waals surface area (Å²) in [6.45, 7) is 2.04. The number of carbonyl (C=O) groups excluding carboxylic acids is 1. The Labute approximate surface area is 140 Å². The molecule has 0 bridgehead atoms. The number of carbonyl (C=O) groups is 1. The molecule has 120 valence electrons. The lowest BCUT2D eigenvalue weighted by atomic mass is 9.82. The SMILES string of the molecule is Cc1ccc(-n2ncc3c2C[C@@H](c2ccccc2O)CC3=O)cc1. The van der Waals surface area contributed by atoms with E-state index in [0.29, 0.717) is 18.4 Å². The zero-order valence-electron chi connectivity index (χ0n) is 13.4. The molecule has 1 aromatic heterocycles. The number of para-hydroxylation sites is 1. The van der Waals surface area contributed by atoms with Gasteiger partial charge in [-0.15, -0.1) is 0 Å². The van der Waals surface area contributed by atoms with Crippen molar-refractivity contribution in [2.75, 3.05) is 0 Å². The number of benzene rings is 2. The van der Waals surface area contributed by atoms with E-state index in [-0.39, 0.29) is 17.5 Å². The number of phenolic OH excluding ortho intramolecular Hbond substituents is 1. The number of ketones is 1. The Kier molecular flexibility index (Phi) is 3.45. The maximum absolute atomic E-state index is 12.5. The minimum atomic E-state index is -0.0212. The standard InChI is InChI=1S/C20H18N2O2/c1-13-6-8-15(9-7-13)22-18-10-14(11-20(24)17(18)12-21-22)16-4-2-3-5-19(16)23/h2-9,12,14,23H,10-11H2,1H3/t14-/m1/s1. The first-order valence-electron chi connectivity index (χ1n) is 8.08. The number of aromatic hydroxyl groups is 1. The van der Waals surface area contributed by atoms with Crippen LogP contribution in [0, 0.1) is 6.92 Å². The van der Waals surface area contributed by atoms with Crippen LogP contribution in [0.4, 0.5) is 0 Å². The maximum atomic E-state index is 12.5. The average Bonchev–Trinajstić information content (AvgIpc) is 3.00. The van der Waals surface area contributed by atoms with E-state index in [1.807, 2.05) is 48.0 Å². The smallest absolute Gasteiger partial charge is 0.166 e. The van der Waals surface area contributed by atoms with Gasteiger partial charge >= 0.3 is 0 Å². The normalized spacial score (nSPS) is 16.9. The van der Waals surface area contributed by atoms with E-state index >= 15 is 0 Å². The molecule has 0 amide bonds. The average molecular weight is 318 g/mol. The molecule has 3 aromatic rings. The minimum absolute atomic E-state index is 0.0212. The Hall–Kier alpha value is -2.88. The third-order valence-corrected chi connectivity index (χ3v) is 4.70. The second kappa shape index (κ2) is 5.64. The van der Waals surface area contributed by atoms with E-state index in [2.05, 4.69) is 5.10 Å². The highest BCUT2D eigenvalue weighted by Crippen LogP contribution is 2.37. The van der Waals surface area contributed by atoms with Crippen LogP contribution < -0.4 is 0 Å². The van der Waals surface area contributed by atoms with E-state index in [0.717, 1.165) is 16.9 Å². The number of fused-ring (bicyclic) bond motifs is 1. The summed E-state index contributed by atoms with van der Waals surface area (Å²) in [6.07, 6.45) is 2.76. The fourth-order valence-electron chi connectivity index (χ4n) is 3.40. The zero-order valence-corrected chi connectivity index (χ0v) is 13.4. The lowest BCUT2D eigenvalue weighted by Crippen LogP contribution is -2.20. The summed E-state index contributed by atoms with van der Waals surface area (Å²) in [5.74, 6) is 0.315. The van der Waals surface area contributed by atoms with Gasteiger partial charge in [0.25, 0.3) is 0 Å². The molecule has 0 fully saturated rings. The molecule has 1 atom stereocenters. The molecule has 1 aliphatic carbocycles. The predicted molar refractivity (Wildman–Crippen MR) is 91.8 cm³/mol. The Balaban J connectivity index is 1.76. The first-order valence-corrected chi connectivity index (χ1v) is 8.08. The molecule has 0 aliphatic heterocycles. The molecule has 24 heavy (non-hydrogen) atoms. The van der Waals surface area contributed by atoms with Gasteiger partial charge in [-0.05, 0) is 37.1 Å². The second-order valence-corrected chi connectivity index (χ2v) is 6.34. The number of Topliss-reactive ketones (excluding diaryl/α,β-unsaturated/α-hetero) is 1. The van der Waals surface area contributed by atoms with Crippen LogP contribution in [0.1, 0.15) is 39.5 Å². The molecule has 4 heteroatoms. The van der Waals surface area contributed by atoms with Crippen molar-refractivity contribution < 1.29 is 9.90 Å². The van der Waals surface area contributed by atoms with Crippen LogP contribution in [-0.4, -0.2) is 20.7 Å². The topological polar surface area (TPSA) is 55.1 Å². The fraction of sp³-hybridized carbons (Fsp3) is 0.200. The van der Waals surface area contributed by atoms with Crippen molar-refractivity contribution in [1.82, 2.24) is 9.78 Å². The highest BCUT2D eigenvalue weighted by Gasteiger charge is 2.31.